The van der Waals surface area contributed by atoms with Crippen LogP contribution in [0.3, 0.4) is 0 Å². The van der Waals surface area contributed by atoms with Gasteiger partial charge < -0.3 is 0 Å². The van der Waals surface area contributed by atoms with Gasteiger partial charge >= 0.3 is 0 Å². The number of aromatic nitrogens is 3. The second kappa shape index (κ2) is 3.66. The Kier molecular flexibility index (Phi) is 3.00. The van der Waals surface area contributed by atoms with Gasteiger partial charge in [-0.05, 0) is 0 Å². The summed E-state index contributed by atoms with van der Waals surface area (Å²) in [6.45, 7) is -0.171. The molecule has 0 amide bonds. The summed E-state index contributed by atoms with van der Waals surface area (Å²) in [5, 5.41) is 16.8. The summed E-state index contributed by atoms with van der Waals surface area (Å²) in [7, 11) is 0. The smallest absolute Gasteiger partial charge is 0.211 e. The Balaban J connectivity index is 2.56. The predicted octanol–water partition coefficient (Wildman–Crippen LogP) is 0.976. The Hall–Kier alpha value is -0.230. The molecule has 68 valence electrons. The van der Waals surface area contributed by atoms with Gasteiger partial charge in [-0.1, -0.05) is 34.8 Å². The molecule has 0 aromatic carbocycles. The van der Waals surface area contributed by atoms with E-state index in [1.54, 1.807) is 0 Å². The molecule has 8 heteroatoms. The van der Waals surface area contributed by atoms with E-state index in [9.17, 15) is 5.21 Å². The lowest BCUT2D eigenvalue weighted by Gasteiger charge is -2.20. The van der Waals surface area contributed by atoms with Gasteiger partial charge in [0.15, 0.2) is 0 Å². The zero-order chi connectivity index (χ0) is 9.19. The third-order valence-corrected chi connectivity index (χ3v) is 1.35. The van der Waals surface area contributed by atoms with E-state index in [1.165, 1.54) is 17.3 Å². The summed E-state index contributed by atoms with van der Waals surface area (Å²) < 4.78 is -0.360. The van der Waals surface area contributed by atoms with Crippen LogP contribution >= 0.6 is 34.8 Å². The number of halogens is 3. The third kappa shape index (κ3) is 3.02. The molecule has 0 saturated heterocycles. The van der Waals surface area contributed by atoms with E-state index in [4.69, 9.17) is 34.8 Å². The van der Waals surface area contributed by atoms with Crippen molar-refractivity contribution in [1.82, 2.24) is 14.9 Å². The van der Waals surface area contributed by atoms with Crippen LogP contribution in [0.2, 0.25) is 0 Å². The van der Waals surface area contributed by atoms with Crippen molar-refractivity contribution in [2.45, 2.75) is 3.79 Å². The van der Waals surface area contributed by atoms with Crippen molar-refractivity contribution in [3.05, 3.63) is 12.7 Å². The van der Waals surface area contributed by atoms with E-state index < -0.39 is 3.79 Å². The maximum atomic E-state index is 9.21. The van der Waals surface area contributed by atoms with Crippen molar-refractivity contribution < 1.29 is 5.21 Å². The quantitative estimate of drug-likeness (QED) is 0.609. The first kappa shape index (κ1) is 9.85. The summed E-state index contributed by atoms with van der Waals surface area (Å²) in [6.07, 6.45) is 2.55. The molecule has 1 heterocycles. The molecular weight excluding hydrogens is 226 g/mol. The standard InChI is InChI=1S/C4H5Cl3N4O/c5-4(6,7)1-11(12)10-2-8-9-3-10/h2-3,12H,1H2. The fraction of sp³-hybridized carbons (Fsp3) is 0.500. The zero-order valence-electron chi connectivity index (χ0n) is 5.73. The first-order valence-electron chi connectivity index (χ1n) is 2.87. The van der Waals surface area contributed by atoms with Crippen LogP contribution in [0.1, 0.15) is 0 Å². The van der Waals surface area contributed by atoms with Crippen LogP contribution < -0.4 is 5.17 Å². The number of hydrogen-bond donors (Lipinski definition) is 1. The van der Waals surface area contributed by atoms with Gasteiger partial charge in [-0.2, -0.15) is 5.17 Å². The van der Waals surface area contributed by atoms with E-state index in [0.29, 0.717) is 5.17 Å². The molecule has 0 atom stereocenters. The van der Waals surface area contributed by atoms with Crippen LogP contribution in [0.4, 0.5) is 0 Å². The number of alkyl halides is 3. The summed E-state index contributed by atoms with van der Waals surface area (Å²) in [4.78, 5) is 0. The average Bonchev–Trinajstić information content (AvgIpc) is 2.32. The summed E-state index contributed by atoms with van der Waals surface area (Å²) in [6, 6.07) is 0. The molecule has 12 heavy (non-hydrogen) atoms. The molecule has 0 spiro atoms. The molecule has 0 fully saturated rings. The maximum absolute atomic E-state index is 9.21. The first-order chi connectivity index (χ1) is 5.49. The fourth-order valence-electron chi connectivity index (χ4n) is 0.556. The SMILES string of the molecule is ON(CC(Cl)(Cl)Cl)n1cnnc1. The van der Waals surface area contributed by atoms with Crippen molar-refractivity contribution >= 4 is 34.8 Å². The maximum Gasteiger partial charge on any atom is 0.211 e. The number of nitrogens with zero attached hydrogens (tertiary/aromatic N) is 4. The largest absolute Gasteiger partial charge is 0.273 e. The molecular formula is C4H5Cl3N4O. The normalized spacial score (nSPS) is 11.7. The van der Waals surface area contributed by atoms with Gasteiger partial charge in [0.2, 0.25) is 3.79 Å². The highest BCUT2D eigenvalue weighted by atomic mass is 35.6. The monoisotopic (exact) mass is 230 g/mol. The first-order valence-corrected chi connectivity index (χ1v) is 4.00. The number of hydrogen-bond acceptors (Lipinski definition) is 4. The topological polar surface area (TPSA) is 54.2 Å². The highest BCUT2D eigenvalue weighted by molar-refractivity contribution is 6.67. The third-order valence-electron chi connectivity index (χ3n) is 0.994. The van der Waals surface area contributed by atoms with E-state index in [-0.39, 0.29) is 6.54 Å². The van der Waals surface area contributed by atoms with Crippen LogP contribution in [-0.4, -0.2) is 30.4 Å². The molecule has 0 aliphatic carbocycles. The summed E-state index contributed by atoms with van der Waals surface area (Å²) >= 11 is 16.3. The molecule has 0 radical (unpaired) electrons. The van der Waals surface area contributed by atoms with E-state index in [2.05, 4.69) is 10.2 Å². The van der Waals surface area contributed by atoms with E-state index in [1.807, 2.05) is 0 Å². The van der Waals surface area contributed by atoms with Gasteiger partial charge in [0.1, 0.15) is 19.2 Å². The minimum absolute atomic E-state index is 0.171. The Morgan fingerprint density at radius 2 is 1.83 bits per heavy atom. The molecule has 0 unspecified atom stereocenters. The summed E-state index contributed by atoms with van der Waals surface area (Å²) in [5.74, 6) is 0. The van der Waals surface area contributed by atoms with Crippen molar-refractivity contribution in [3.63, 3.8) is 0 Å². The van der Waals surface area contributed by atoms with Gasteiger partial charge in [0.05, 0.1) is 0 Å². The molecule has 1 aromatic rings. The van der Waals surface area contributed by atoms with Gasteiger partial charge in [-0.25, -0.2) is 4.68 Å². The average molecular weight is 231 g/mol. The zero-order valence-corrected chi connectivity index (χ0v) is 8.00. The molecule has 1 aromatic heterocycles. The van der Waals surface area contributed by atoms with Crippen LogP contribution in [0.5, 0.6) is 0 Å². The predicted molar refractivity (Wildman–Crippen MR) is 45.2 cm³/mol. The van der Waals surface area contributed by atoms with Crippen LogP contribution in [0.25, 0.3) is 0 Å². The lowest BCUT2D eigenvalue weighted by molar-refractivity contribution is 0.173. The Morgan fingerprint density at radius 1 is 1.33 bits per heavy atom. The lowest BCUT2D eigenvalue weighted by atomic mass is 10.7. The van der Waals surface area contributed by atoms with Crippen molar-refractivity contribution in [2.24, 2.45) is 0 Å². The highest BCUT2D eigenvalue weighted by Crippen LogP contribution is 2.25. The van der Waals surface area contributed by atoms with Crippen LogP contribution in [-0.2, 0) is 0 Å². The second-order valence-corrected chi connectivity index (χ2v) is 4.50. The van der Waals surface area contributed by atoms with Gasteiger partial charge in [-0.3, -0.25) is 5.21 Å². The fourth-order valence-corrected chi connectivity index (χ4v) is 0.877. The van der Waals surface area contributed by atoms with Crippen molar-refractivity contribution in [3.8, 4) is 0 Å². The minimum Gasteiger partial charge on any atom is -0.273 e. The summed E-state index contributed by atoms with van der Waals surface area (Å²) in [5.41, 5.74) is 0. The second-order valence-electron chi connectivity index (χ2n) is 1.99. The number of hydroxylamine groups is 1. The van der Waals surface area contributed by atoms with Gasteiger partial charge in [0.25, 0.3) is 0 Å². The van der Waals surface area contributed by atoms with E-state index in [0.717, 1.165) is 0 Å². The molecule has 0 bridgehead atoms. The van der Waals surface area contributed by atoms with Gasteiger partial charge in [0, 0.05) is 0 Å². The van der Waals surface area contributed by atoms with Crippen LogP contribution in [0.15, 0.2) is 12.7 Å². The molecule has 5 nitrogen and oxygen atoms in total. The van der Waals surface area contributed by atoms with Crippen LogP contribution in [0, 0.1) is 0 Å². The number of rotatable bonds is 2. The molecule has 0 aliphatic heterocycles. The Labute approximate surface area is 83.4 Å². The molecule has 0 saturated carbocycles. The molecule has 1 N–H and O–H groups in total. The molecule has 0 aliphatic rings. The van der Waals surface area contributed by atoms with Crippen molar-refractivity contribution in [2.75, 3.05) is 11.7 Å². The Morgan fingerprint density at radius 3 is 2.25 bits per heavy atom. The Bertz CT molecular complexity index is 233. The highest BCUT2D eigenvalue weighted by Gasteiger charge is 2.23. The lowest BCUT2D eigenvalue weighted by Crippen LogP contribution is -2.37. The molecule has 1 rings (SSSR count). The van der Waals surface area contributed by atoms with Crippen molar-refractivity contribution in [1.29, 1.82) is 0 Å². The minimum atomic E-state index is -1.54. The van der Waals surface area contributed by atoms with E-state index >= 15 is 0 Å². The van der Waals surface area contributed by atoms with Gasteiger partial charge in [-0.15, -0.1) is 10.2 Å².